The number of aromatic nitrogens is 4. The predicted octanol–water partition coefficient (Wildman–Crippen LogP) is 2.41. The molecule has 0 unspecified atom stereocenters. The van der Waals surface area contributed by atoms with Crippen LogP contribution in [0, 0.1) is 24.2 Å². The molecular formula is C28H30F3N9O3. The number of amides is 3. The van der Waals surface area contributed by atoms with E-state index in [1.54, 1.807) is 41.0 Å². The molecular weight excluding hydrogens is 567 g/mol. The van der Waals surface area contributed by atoms with Gasteiger partial charge < -0.3 is 25.4 Å². The second-order valence-electron chi connectivity index (χ2n) is 10.8. The minimum Gasteiger partial charge on any atom is -0.339 e. The monoisotopic (exact) mass is 597 g/mol. The molecule has 0 radical (unpaired) electrons. The van der Waals surface area contributed by atoms with Crippen molar-refractivity contribution < 1.29 is 27.6 Å². The van der Waals surface area contributed by atoms with Crippen LogP contribution in [-0.4, -0.2) is 79.1 Å². The van der Waals surface area contributed by atoms with Crippen LogP contribution in [0.25, 0.3) is 11.3 Å². The number of aryl methyl sites for hydroxylation is 1. The summed E-state index contributed by atoms with van der Waals surface area (Å²) >= 11 is 0. The van der Waals surface area contributed by atoms with E-state index in [4.69, 9.17) is 11.0 Å². The van der Waals surface area contributed by atoms with E-state index in [9.17, 15) is 27.6 Å². The summed E-state index contributed by atoms with van der Waals surface area (Å²) in [6.07, 6.45) is -1.15. The number of carbonyl (C=O) groups excluding carboxylic acids is 3. The van der Waals surface area contributed by atoms with Gasteiger partial charge >= 0.3 is 6.18 Å². The Morgan fingerprint density at radius 2 is 1.81 bits per heavy atom. The molecule has 226 valence electrons. The molecule has 2 aliphatic rings. The Hall–Kier alpha value is -4.71. The number of anilines is 1. The summed E-state index contributed by atoms with van der Waals surface area (Å²) in [6, 6.07) is 6.63. The van der Waals surface area contributed by atoms with Crippen LogP contribution in [0.1, 0.15) is 45.1 Å². The third-order valence-electron chi connectivity index (χ3n) is 7.85. The van der Waals surface area contributed by atoms with Crippen LogP contribution in [0.2, 0.25) is 0 Å². The number of halogens is 3. The van der Waals surface area contributed by atoms with E-state index in [-0.39, 0.29) is 47.4 Å². The van der Waals surface area contributed by atoms with E-state index in [0.717, 1.165) is 17.1 Å². The molecule has 1 saturated heterocycles. The molecule has 3 amide bonds. The highest BCUT2D eigenvalue weighted by Crippen LogP contribution is 2.36. The van der Waals surface area contributed by atoms with Gasteiger partial charge in [0.2, 0.25) is 5.91 Å². The van der Waals surface area contributed by atoms with Crippen molar-refractivity contribution in [3.63, 3.8) is 0 Å². The third-order valence-corrected chi connectivity index (χ3v) is 7.85. The Kier molecular flexibility index (Phi) is 7.98. The van der Waals surface area contributed by atoms with Crippen molar-refractivity contribution in [1.29, 1.82) is 5.26 Å². The Bertz CT molecular complexity index is 1610. The Labute approximate surface area is 244 Å². The van der Waals surface area contributed by atoms with E-state index in [1.165, 1.54) is 11.6 Å². The Morgan fingerprint density at radius 1 is 1.14 bits per heavy atom. The summed E-state index contributed by atoms with van der Waals surface area (Å²) < 4.78 is 42.9. The molecule has 43 heavy (non-hydrogen) atoms. The summed E-state index contributed by atoms with van der Waals surface area (Å²) in [5.74, 6) is -0.923. The number of nitrogens with zero attached hydrogens (tertiary/aromatic N) is 7. The van der Waals surface area contributed by atoms with Crippen LogP contribution < -0.4 is 11.1 Å². The molecule has 1 aromatic carbocycles. The number of hydrogen-bond donors (Lipinski definition) is 2. The number of carbonyl (C=O) groups is 3. The smallest absolute Gasteiger partial charge is 0.339 e. The van der Waals surface area contributed by atoms with E-state index < -0.39 is 17.8 Å². The lowest BCUT2D eigenvalue weighted by Crippen LogP contribution is -2.54. The maximum Gasteiger partial charge on any atom is 0.435 e. The largest absolute Gasteiger partial charge is 0.435 e. The van der Waals surface area contributed by atoms with Gasteiger partial charge in [-0.25, -0.2) is 4.98 Å². The second-order valence-corrected chi connectivity index (χ2v) is 10.8. The highest BCUT2D eigenvalue weighted by molar-refractivity contribution is 6.03. The zero-order valence-electron chi connectivity index (χ0n) is 23.6. The van der Waals surface area contributed by atoms with Gasteiger partial charge in [-0.2, -0.15) is 23.5 Å². The maximum atomic E-state index is 13.6. The number of imidazole rings is 1. The van der Waals surface area contributed by atoms with Crippen LogP contribution in [-0.2, 0) is 24.6 Å². The number of piperazine rings is 1. The molecule has 1 aliphatic heterocycles. The molecule has 1 aliphatic carbocycles. The fourth-order valence-electron chi connectivity index (χ4n) is 5.43. The normalized spacial score (nSPS) is 18.6. The van der Waals surface area contributed by atoms with Crippen molar-refractivity contribution in [2.24, 2.45) is 18.7 Å². The van der Waals surface area contributed by atoms with Crippen molar-refractivity contribution in [2.45, 2.75) is 38.5 Å². The molecule has 3 heterocycles. The molecule has 3 aromatic rings. The second kappa shape index (κ2) is 11.5. The first-order valence-corrected chi connectivity index (χ1v) is 13.7. The Morgan fingerprint density at radius 3 is 2.42 bits per heavy atom. The van der Waals surface area contributed by atoms with Gasteiger partial charge in [-0.05, 0) is 43.5 Å². The molecule has 2 fully saturated rings. The first kappa shape index (κ1) is 29.8. The minimum absolute atomic E-state index is 0.00292. The molecule has 1 saturated carbocycles. The number of rotatable bonds is 6. The van der Waals surface area contributed by atoms with Crippen LogP contribution in [0.4, 0.5) is 18.9 Å². The van der Waals surface area contributed by atoms with E-state index in [2.05, 4.69) is 15.4 Å². The van der Waals surface area contributed by atoms with Crippen LogP contribution in [0.5, 0.6) is 0 Å². The Balaban J connectivity index is 1.25. The van der Waals surface area contributed by atoms with Crippen LogP contribution in [0.15, 0.2) is 30.6 Å². The molecule has 0 atom stereocenters. The predicted molar refractivity (Wildman–Crippen MR) is 147 cm³/mol. The van der Waals surface area contributed by atoms with Gasteiger partial charge in [-0.15, -0.1) is 0 Å². The number of hydrogen-bond acceptors (Lipinski definition) is 7. The van der Waals surface area contributed by atoms with Crippen molar-refractivity contribution >= 4 is 23.4 Å². The average Bonchev–Trinajstić information content (AvgIpc) is 3.54. The maximum absolute atomic E-state index is 13.6. The van der Waals surface area contributed by atoms with Gasteiger partial charge in [-0.1, -0.05) is 0 Å². The van der Waals surface area contributed by atoms with Crippen molar-refractivity contribution in [3.05, 3.63) is 53.2 Å². The fraction of sp³-hybridized carbons (Fsp3) is 0.429. The van der Waals surface area contributed by atoms with Gasteiger partial charge in [0.15, 0.2) is 11.5 Å². The van der Waals surface area contributed by atoms with Gasteiger partial charge in [0.05, 0.1) is 23.5 Å². The minimum atomic E-state index is -4.78. The molecule has 2 aromatic heterocycles. The average molecular weight is 598 g/mol. The van der Waals surface area contributed by atoms with E-state index in [1.807, 2.05) is 0 Å². The quantitative estimate of drug-likeness (QED) is 0.442. The zero-order valence-corrected chi connectivity index (χ0v) is 23.6. The number of alkyl halides is 3. The third kappa shape index (κ3) is 5.96. The fourth-order valence-corrected chi connectivity index (χ4v) is 5.43. The summed E-state index contributed by atoms with van der Waals surface area (Å²) in [6.45, 7) is 3.09. The molecule has 0 spiro atoms. The van der Waals surface area contributed by atoms with Gasteiger partial charge in [0.25, 0.3) is 11.8 Å². The van der Waals surface area contributed by atoms with Crippen molar-refractivity contribution in [3.8, 4) is 17.3 Å². The van der Waals surface area contributed by atoms with Gasteiger partial charge in [0, 0.05) is 62.6 Å². The number of benzene rings is 1. The highest BCUT2D eigenvalue weighted by Gasteiger charge is 2.39. The van der Waals surface area contributed by atoms with Gasteiger partial charge in [0.1, 0.15) is 6.54 Å². The number of nitriles is 1. The first-order chi connectivity index (χ1) is 20.4. The summed E-state index contributed by atoms with van der Waals surface area (Å²) in [5.41, 5.74) is 5.74. The zero-order chi connectivity index (χ0) is 31.1. The SMILES string of the molecule is Cc1cc(NC(=O)c2ncc(-c3cn(CC#N)nc3C(F)(F)F)n2C)ccc1C(=O)N1CCN(C(=O)C2CC(N)C2)CC1. The van der Waals surface area contributed by atoms with E-state index in [0.29, 0.717) is 55.8 Å². The molecule has 5 rings (SSSR count). The summed E-state index contributed by atoms with van der Waals surface area (Å²) in [4.78, 5) is 46.4. The van der Waals surface area contributed by atoms with Crippen LogP contribution in [0.3, 0.4) is 0 Å². The molecule has 3 N–H and O–H groups in total. The van der Waals surface area contributed by atoms with Crippen LogP contribution >= 0.6 is 0 Å². The van der Waals surface area contributed by atoms with Crippen molar-refractivity contribution in [1.82, 2.24) is 29.1 Å². The molecule has 12 nitrogen and oxygen atoms in total. The standard InChI is InChI=1S/C28H30F3N9O3/c1-16-11-19(3-4-20(16)27(43)39-9-7-38(8-10-39)26(42)17-12-18(33)13-17)35-25(41)24-34-14-22(37(24)2)21-15-40(6-5-32)36-23(21)28(29,30)31/h3-4,11,14-15,17-18H,6-10,12-13,33H2,1-2H3,(H,35,41). The summed E-state index contributed by atoms with van der Waals surface area (Å²) in [7, 11) is 1.40. The van der Waals surface area contributed by atoms with Crippen molar-refractivity contribution in [2.75, 3.05) is 31.5 Å². The topological polar surface area (TPSA) is 155 Å². The number of nitrogens with two attached hydrogens (primary N) is 1. The molecule has 15 heteroatoms. The highest BCUT2D eigenvalue weighted by atomic mass is 19.4. The number of nitrogens with one attached hydrogen (secondary N) is 1. The van der Waals surface area contributed by atoms with Gasteiger partial charge in [-0.3, -0.25) is 19.1 Å². The van der Waals surface area contributed by atoms with E-state index >= 15 is 0 Å². The summed E-state index contributed by atoms with van der Waals surface area (Å²) in [5, 5.41) is 15.0. The lowest BCUT2D eigenvalue weighted by Gasteiger charge is -2.40. The first-order valence-electron chi connectivity index (χ1n) is 13.7. The lowest BCUT2D eigenvalue weighted by atomic mass is 9.80. The molecule has 0 bridgehead atoms. The lowest BCUT2D eigenvalue weighted by molar-refractivity contribution is -0.141.